The number of hydrogen-bond donors (Lipinski definition) is 2. The number of benzene rings is 2. The third-order valence-electron chi connectivity index (χ3n) is 3.78. The zero-order chi connectivity index (χ0) is 20.4. The summed E-state index contributed by atoms with van der Waals surface area (Å²) >= 11 is 5.79. The number of carbonyl (C=O) groups is 1. The van der Waals surface area contributed by atoms with Crippen LogP contribution in [0.2, 0.25) is 5.02 Å². The minimum Gasteiger partial charge on any atom is -0.493 e. The van der Waals surface area contributed by atoms with Gasteiger partial charge in [-0.2, -0.15) is 0 Å². The molecule has 2 aromatic rings. The van der Waals surface area contributed by atoms with Crippen molar-refractivity contribution in [1.82, 2.24) is 5.32 Å². The van der Waals surface area contributed by atoms with Crippen molar-refractivity contribution in [2.45, 2.75) is 12.5 Å². The maximum atomic E-state index is 12.0. The Morgan fingerprint density at radius 1 is 1.21 bits per heavy atom. The van der Waals surface area contributed by atoms with E-state index in [1.807, 2.05) is 12.1 Å². The van der Waals surface area contributed by atoms with Crippen LogP contribution in [-0.4, -0.2) is 44.0 Å². The molecule has 2 N–H and O–H groups in total. The first-order valence-electron chi connectivity index (χ1n) is 8.60. The van der Waals surface area contributed by atoms with Gasteiger partial charge in [0.2, 0.25) is 0 Å². The van der Waals surface area contributed by atoms with Crippen molar-refractivity contribution in [1.29, 1.82) is 0 Å². The van der Waals surface area contributed by atoms with Crippen LogP contribution >= 0.6 is 11.6 Å². The molecule has 0 fully saturated rings. The van der Waals surface area contributed by atoms with Gasteiger partial charge in [0.25, 0.3) is 5.91 Å². The fraction of sp³-hybridized carbons (Fsp3) is 0.286. The largest absolute Gasteiger partial charge is 0.493 e. The van der Waals surface area contributed by atoms with E-state index in [1.165, 1.54) is 0 Å². The minimum atomic E-state index is -1.27. The van der Waals surface area contributed by atoms with Gasteiger partial charge in [-0.05, 0) is 48.4 Å². The topological polar surface area (TPSA) is 77.0 Å². The lowest BCUT2D eigenvalue weighted by Gasteiger charge is -2.13. The van der Waals surface area contributed by atoms with Crippen molar-refractivity contribution >= 4 is 17.5 Å². The molecule has 6 nitrogen and oxygen atoms in total. The molecule has 148 valence electrons. The van der Waals surface area contributed by atoms with Crippen LogP contribution in [0.5, 0.6) is 17.2 Å². The van der Waals surface area contributed by atoms with Gasteiger partial charge in [-0.15, -0.1) is 6.42 Å². The number of nitrogens with one attached hydrogen (secondary N) is 1. The van der Waals surface area contributed by atoms with Crippen LogP contribution in [0.3, 0.4) is 0 Å². The SMILES string of the molecule is C#CCOc1ccc(CCNC(=O)[C@@H](O)COc2ccc(Cl)cc2)cc1OC. The van der Waals surface area contributed by atoms with E-state index in [2.05, 4.69) is 11.2 Å². The highest BCUT2D eigenvalue weighted by atomic mass is 35.5. The Morgan fingerprint density at radius 2 is 1.96 bits per heavy atom. The maximum Gasteiger partial charge on any atom is 0.252 e. The van der Waals surface area contributed by atoms with Crippen LogP contribution < -0.4 is 19.5 Å². The molecule has 0 radical (unpaired) electrons. The lowest BCUT2D eigenvalue weighted by molar-refractivity contribution is -0.130. The molecule has 1 amide bonds. The van der Waals surface area contributed by atoms with Gasteiger partial charge in [-0.25, -0.2) is 0 Å². The van der Waals surface area contributed by atoms with Crippen LogP contribution in [0.4, 0.5) is 0 Å². The van der Waals surface area contributed by atoms with Crippen LogP contribution in [0.1, 0.15) is 5.56 Å². The van der Waals surface area contributed by atoms with E-state index in [0.717, 1.165) is 5.56 Å². The predicted molar refractivity (Wildman–Crippen MR) is 107 cm³/mol. The quantitative estimate of drug-likeness (QED) is 0.596. The number of halogens is 1. The first-order valence-corrected chi connectivity index (χ1v) is 8.98. The molecular weight excluding hydrogens is 382 g/mol. The van der Waals surface area contributed by atoms with Gasteiger partial charge >= 0.3 is 0 Å². The van der Waals surface area contributed by atoms with Crippen molar-refractivity contribution in [3.05, 3.63) is 53.1 Å². The highest BCUT2D eigenvalue weighted by molar-refractivity contribution is 6.30. The Bertz CT molecular complexity index is 817. The van der Waals surface area contributed by atoms with Crippen LogP contribution in [-0.2, 0) is 11.2 Å². The van der Waals surface area contributed by atoms with Crippen LogP contribution in [0.15, 0.2) is 42.5 Å². The molecule has 0 aliphatic heterocycles. The van der Waals surface area contributed by atoms with Gasteiger partial charge in [-0.1, -0.05) is 23.6 Å². The second-order valence-electron chi connectivity index (χ2n) is 5.80. The molecule has 0 aromatic heterocycles. The van der Waals surface area contributed by atoms with Gasteiger partial charge in [0.15, 0.2) is 17.6 Å². The number of ether oxygens (including phenoxy) is 3. The minimum absolute atomic E-state index is 0.150. The molecule has 1 atom stereocenters. The van der Waals surface area contributed by atoms with Crippen molar-refractivity contribution < 1.29 is 24.1 Å². The Morgan fingerprint density at radius 3 is 2.64 bits per heavy atom. The van der Waals surface area contributed by atoms with Crippen LogP contribution in [0, 0.1) is 12.3 Å². The van der Waals surface area contributed by atoms with Gasteiger partial charge in [0.1, 0.15) is 19.0 Å². The maximum absolute atomic E-state index is 12.0. The fourth-order valence-electron chi connectivity index (χ4n) is 2.34. The summed E-state index contributed by atoms with van der Waals surface area (Å²) in [4.78, 5) is 12.0. The molecule has 7 heteroatoms. The van der Waals surface area contributed by atoms with E-state index in [4.69, 9.17) is 32.2 Å². The number of hydrogen-bond acceptors (Lipinski definition) is 5. The smallest absolute Gasteiger partial charge is 0.252 e. The summed E-state index contributed by atoms with van der Waals surface area (Å²) < 4.78 is 16.0. The van der Waals surface area contributed by atoms with Gasteiger partial charge in [0, 0.05) is 11.6 Å². The van der Waals surface area contributed by atoms with E-state index < -0.39 is 12.0 Å². The van der Waals surface area contributed by atoms with E-state index in [-0.39, 0.29) is 13.2 Å². The van der Waals surface area contributed by atoms with Crippen molar-refractivity contribution in [2.75, 3.05) is 26.9 Å². The standard InChI is InChI=1S/C21H22ClNO5/c1-3-12-27-19-9-4-15(13-20(19)26-2)10-11-23-21(25)18(24)14-28-17-7-5-16(22)6-8-17/h1,4-9,13,18,24H,10-12,14H2,2H3,(H,23,25)/t18-/m0/s1. The fourth-order valence-corrected chi connectivity index (χ4v) is 2.46. The average molecular weight is 404 g/mol. The molecular formula is C21H22ClNO5. The summed E-state index contributed by atoms with van der Waals surface area (Å²) in [5, 5.41) is 13.2. The number of amides is 1. The molecule has 0 unspecified atom stereocenters. The number of methoxy groups -OCH3 is 1. The molecule has 0 spiro atoms. The predicted octanol–water partition coefficient (Wildman–Crippen LogP) is 2.46. The number of carbonyl (C=O) groups excluding carboxylic acids is 1. The van der Waals surface area contributed by atoms with Gasteiger partial charge in [-0.3, -0.25) is 4.79 Å². The highest BCUT2D eigenvalue weighted by Gasteiger charge is 2.15. The van der Waals surface area contributed by atoms with E-state index in [1.54, 1.807) is 37.4 Å². The first kappa shape index (κ1) is 21.4. The third kappa shape index (κ3) is 6.69. The Labute approximate surface area is 169 Å². The zero-order valence-corrected chi connectivity index (χ0v) is 16.2. The summed E-state index contributed by atoms with van der Waals surface area (Å²) in [5.41, 5.74) is 0.942. The Kier molecular flexibility index (Phi) is 8.47. The highest BCUT2D eigenvalue weighted by Crippen LogP contribution is 2.28. The summed E-state index contributed by atoms with van der Waals surface area (Å²) in [6.45, 7) is 0.356. The molecule has 0 saturated carbocycles. The normalized spacial score (nSPS) is 11.2. The molecule has 0 heterocycles. The summed E-state index contributed by atoms with van der Waals surface area (Å²) in [7, 11) is 1.54. The lowest BCUT2D eigenvalue weighted by atomic mass is 10.1. The summed E-state index contributed by atoms with van der Waals surface area (Å²) in [6, 6.07) is 12.1. The van der Waals surface area contributed by atoms with Crippen molar-refractivity contribution in [3.63, 3.8) is 0 Å². The third-order valence-corrected chi connectivity index (χ3v) is 4.03. The van der Waals surface area contributed by atoms with Crippen molar-refractivity contribution in [2.24, 2.45) is 0 Å². The zero-order valence-electron chi connectivity index (χ0n) is 15.5. The molecule has 2 aromatic carbocycles. The monoisotopic (exact) mass is 403 g/mol. The first-order chi connectivity index (χ1) is 13.5. The Balaban J connectivity index is 1.77. The van der Waals surface area contributed by atoms with E-state index in [0.29, 0.717) is 35.2 Å². The molecule has 0 saturated heterocycles. The Hall–Kier alpha value is -2.88. The van der Waals surface area contributed by atoms with Gasteiger partial charge in [0.05, 0.1) is 7.11 Å². The molecule has 28 heavy (non-hydrogen) atoms. The van der Waals surface area contributed by atoms with E-state index in [9.17, 15) is 9.90 Å². The van der Waals surface area contributed by atoms with Crippen LogP contribution in [0.25, 0.3) is 0 Å². The summed E-state index contributed by atoms with van der Waals surface area (Å²) in [5.74, 6) is 3.54. The molecule has 0 aliphatic carbocycles. The molecule has 2 rings (SSSR count). The molecule has 0 bridgehead atoms. The number of aliphatic hydroxyl groups excluding tert-OH is 1. The summed E-state index contributed by atoms with van der Waals surface area (Å²) in [6.07, 6.45) is 4.47. The second kappa shape index (κ2) is 11.1. The average Bonchev–Trinajstić information content (AvgIpc) is 2.71. The van der Waals surface area contributed by atoms with E-state index >= 15 is 0 Å². The molecule has 0 aliphatic rings. The number of aliphatic hydroxyl groups is 1. The van der Waals surface area contributed by atoms with Crippen molar-refractivity contribution in [3.8, 4) is 29.6 Å². The second-order valence-corrected chi connectivity index (χ2v) is 6.24. The lowest BCUT2D eigenvalue weighted by Crippen LogP contribution is -2.39. The number of rotatable bonds is 10. The number of terminal acetylenes is 1. The van der Waals surface area contributed by atoms with Gasteiger partial charge < -0.3 is 24.6 Å².